The van der Waals surface area contributed by atoms with Crippen LogP contribution >= 0.6 is 0 Å². The second kappa shape index (κ2) is 9.91. The molecule has 1 heterocycles. The lowest BCUT2D eigenvalue weighted by Crippen LogP contribution is -2.49. The largest absolute Gasteiger partial charge is 0.497 e. The number of alkyl halides is 2. The summed E-state index contributed by atoms with van der Waals surface area (Å²) in [6.45, 7) is 2.32. The molecule has 2 N–H and O–H groups in total. The van der Waals surface area contributed by atoms with Crippen LogP contribution in [0.15, 0.2) is 23.2 Å². The van der Waals surface area contributed by atoms with Gasteiger partial charge in [0.05, 0.1) is 13.7 Å². The number of hydrogen-bond acceptors (Lipinski definition) is 4. The van der Waals surface area contributed by atoms with Gasteiger partial charge in [0, 0.05) is 43.3 Å². The molecule has 1 aliphatic heterocycles. The first-order valence-electron chi connectivity index (χ1n) is 9.99. The third-order valence-corrected chi connectivity index (χ3v) is 5.18. The van der Waals surface area contributed by atoms with Crippen molar-refractivity contribution in [2.24, 2.45) is 4.99 Å². The van der Waals surface area contributed by atoms with E-state index in [2.05, 4.69) is 25.3 Å². The molecule has 0 spiro atoms. The van der Waals surface area contributed by atoms with Gasteiger partial charge in [-0.15, -0.1) is 0 Å². The number of nitrogens with one attached hydrogen (secondary N) is 2. The van der Waals surface area contributed by atoms with E-state index >= 15 is 0 Å². The summed E-state index contributed by atoms with van der Waals surface area (Å²) < 4.78 is 35.2. The van der Waals surface area contributed by atoms with Crippen LogP contribution in [0.1, 0.15) is 38.2 Å². The van der Waals surface area contributed by atoms with Crippen LogP contribution in [0, 0.1) is 0 Å². The number of halogens is 2. The Hall–Kier alpha value is -2.09. The molecule has 1 saturated carbocycles. The van der Waals surface area contributed by atoms with Crippen LogP contribution in [-0.2, 0) is 6.54 Å². The molecule has 1 saturated heterocycles. The van der Waals surface area contributed by atoms with Gasteiger partial charge in [0.2, 0.25) is 0 Å². The first-order chi connectivity index (χ1) is 13.6. The summed E-state index contributed by atoms with van der Waals surface area (Å²) in [6, 6.07) is 6.08. The summed E-state index contributed by atoms with van der Waals surface area (Å²) in [4.78, 5) is 7.16. The van der Waals surface area contributed by atoms with Crippen molar-refractivity contribution in [3.8, 4) is 11.5 Å². The Bertz CT molecular complexity index is 660. The fourth-order valence-electron chi connectivity index (χ4n) is 3.52. The van der Waals surface area contributed by atoms with Crippen LogP contribution in [0.2, 0.25) is 0 Å². The highest BCUT2D eigenvalue weighted by atomic mass is 19.3. The molecule has 156 valence electrons. The molecule has 1 aromatic carbocycles. The lowest BCUT2D eigenvalue weighted by molar-refractivity contribution is -0.0505. The Labute approximate surface area is 165 Å². The van der Waals surface area contributed by atoms with Crippen molar-refractivity contribution in [2.75, 3.05) is 26.7 Å². The molecule has 0 unspecified atom stereocenters. The number of piperidine rings is 1. The summed E-state index contributed by atoms with van der Waals surface area (Å²) in [7, 11) is 1.49. The number of likely N-dealkylation sites (tertiary alicyclic amines) is 1. The molecular formula is C20H30F2N4O2. The number of benzene rings is 1. The summed E-state index contributed by atoms with van der Waals surface area (Å²) in [5.41, 5.74) is 0.585. The zero-order valence-corrected chi connectivity index (χ0v) is 16.6. The highest BCUT2D eigenvalue weighted by Gasteiger charge is 2.31. The lowest BCUT2D eigenvalue weighted by Gasteiger charge is -2.33. The van der Waals surface area contributed by atoms with E-state index in [0.29, 0.717) is 23.3 Å². The van der Waals surface area contributed by atoms with Gasteiger partial charge in [-0.2, -0.15) is 8.78 Å². The van der Waals surface area contributed by atoms with Crippen LogP contribution in [0.3, 0.4) is 0 Å². The van der Waals surface area contributed by atoms with Gasteiger partial charge < -0.3 is 25.0 Å². The second-order valence-corrected chi connectivity index (χ2v) is 7.23. The van der Waals surface area contributed by atoms with Crippen molar-refractivity contribution in [3.63, 3.8) is 0 Å². The van der Waals surface area contributed by atoms with Crippen molar-refractivity contribution in [2.45, 2.75) is 57.8 Å². The topological polar surface area (TPSA) is 58.1 Å². The third kappa shape index (κ3) is 5.95. The van der Waals surface area contributed by atoms with Gasteiger partial charge in [-0.3, -0.25) is 0 Å². The number of rotatable bonds is 8. The maximum Gasteiger partial charge on any atom is 0.387 e. The SMILES string of the molecule is CCNC(=NCc1ccc(OC)cc1OC(F)F)NC1CCN(C2CC2)CC1. The van der Waals surface area contributed by atoms with Gasteiger partial charge in [0.25, 0.3) is 0 Å². The normalized spacial score (nSPS) is 19.0. The maximum absolute atomic E-state index is 12.7. The van der Waals surface area contributed by atoms with Crippen molar-refractivity contribution < 1.29 is 18.3 Å². The van der Waals surface area contributed by atoms with Crippen molar-refractivity contribution in [1.82, 2.24) is 15.5 Å². The monoisotopic (exact) mass is 396 g/mol. The smallest absolute Gasteiger partial charge is 0.387 e. The molecule has 0 radical (unpaired) electrons. The van der Waals surface area contributed by atoms with E-state index in [4.69, 9.17) is 4.74 Å². The Morgan fingerprint density at radius 2 is 2.00 bits per heavy atom. The minimum absolute atomic E-state index is 0.0895. The molecule has 2 fully saturated rings. The third-order valence-electron chi connectivity index (χ3n) is 5.18. The number of aliphatic imine (C=N–C) groups is 1. The minimum Gasteiger partial charge on any atom is -0.497 e. The molecule has 0 atom stereocenters. The van der Waals surface area contributed by atoms with Crippen molar-refractivity contribution in [3.05, 3.63) is 23.8 Å². The number of hydrogen-bond donors (Lipinski definition) is 2. The summed E-state index contributed by atoms with van der Waals surface area (Å²) in [5, 5.41) is 6.73. The molecule has 3 rings (SSSR count). The number of ether oxygens (including phenoxy) is 2. The van der Waals surface area contributed by atoms with E-state index in [1.165, 1.54) is 26.0 Å². The lowest BCUT2D eigenvalue weighted by atomic mass is 10.1. The van der Waals surface area contributed by atoms with Gasteiger partial charge in [-0.05, 0) is 44.7 Å². The number of methoxy groups -OCH3 is 1. The van der Waals surface area contributed by atoms with Crippen molar-refractivity contribution in [1.29, 1.82) is 0 Å². The van der Waals surface area contributed by atoms with Crippen LogP contribution in [0.5, 0.6) is 11.5 Å². The Morgan fingerprint density at radius 3 is 2.61 bits per heavy atom. The number of nitrogens with zero attached hydrogens (tertiary/aromatic N) is 2. The van der Waals surface area contributed by atoms with E-state index in [9.17, 15) is 8.78 Å². The maximum atomic E-state index is 12.7. The van der Waals surface area contributed by atoms with Gasteiger partial charge in [0.15, 0.2) is 5.96 Å². The Kier molecular flexibility index (Phi) is 7.30. The highest BCUT2D eigenvalue weighted by Crippen LogP contribution is 2.29. The average Bonchev–Trinajstić information content (AvgIpc) is 3.52. The zero-order valence-electron chi connectivity index (χ0n) is 16.6. The summed E-state index contributed by atoms with van der Waals surface area (Å²) in [6.07, 6.45) is 4.85. The van der Waals surface area contributed by atoms with E-state index in [1.54, 1.807) is 12.1 Å². The predicted octanol–water partition coefficient (Wildman–Crippen LogP) is 2.98. The quantitative estimate of drug-likeness (QED) is 0.523. The summed E-state index contributed by atoms with van der Waals surface area (Å²) in [5.74, 6) is 1.26. The Morgan fingerprint density at radius 1 is 1.25 bits per heavy atom. The Balaban J connectivity index is 1.62. The first kappa shape index (κ1) is 20.6. The van der Waals surface area contributed by atoms with Crippen LogP contribution in [0.4, 0.5) is 8.78 Å². The van der Waals surface area contributed by atoms with Crippen molar-refractivity contribution >= 4 is 5.96 Å². The molecule has 0 aromatic heterocycles. The number of guanidine groups is 1. The highest BCUT2D eigenvalue weighted by molar-refractivity contribution is 5.80. The molecule has 6 nitrogen and oxygen atoms in total. The fraction of sp³-hybridized carbons (Fsp3) is 0.650. The molecule has 1 aromatic rings. The molecule has 0 bridgehead atoms. The van der Waals surface area contributed by atoms with Gasteiger partial charge in [-0.25, -0.2) is 4.99 Å². The average molecular weight is 396 g/mol. The van der Waals surface area contributed by atoms with Gasteiger partial charge in [-0.1, -0.05) is 0 Å². The minimum atomic E-state index is -2.89. The van der Waals surface area contributed by atoms with E-state index in [0.717, 1.165) is 38.5 Å². The molecule has 1 aliphatic carbocycles. The van der Waals surface area contributed by atoms with E-state index in [-0.39, 0.29) is 12.3 Å². The predicted molar refractivity (Wildman–Crippen MR) is 105 cm³/mol. The van der Waals surface area contributed by atoms with Gasteiger partial charge in [0.1, 0.15) is 11.5 Å². The van der Waals surface area contributed by atoms with E-state index < -0.39 is 6.61 Å². The van der Waals surface area contributed by atoms with Crippen LogP contribution in [0.25, 0.3) is 0 Å². The first-order valence-corrected chi connectivity index (χ1v) is 9.99. The molecular weight excluding hydrogens is 366 g/mol. The molecule has 0 amide bonds. The standard InChI is InChI=1S/C20H30F2N4O2/c1-3-23-20(25-15-8-10-26(11-9-15)16-5-6-16)24-13-14-4-7-17(27-2)12-18(14)28-19(21)22/h4,7,12,15-16,19H,3,5-6,8-11,13H2,1-2H3,(H2,23,24,25). The molecule has 28 heavy (non-hydrogen) atoms. The molecule has 8 heteroatoms. The van der Waals surface area contributed by atoms with E-state index in [1.807, 2.05) is 6.92 Å². The summed E-state index contributed by atoms with van der Waals surface area (Å²) >= 11 is 0. The van der Waals surface area contributed by atoms with Crippen LogP contribution < -0.4 is 20.1 Å². The second-order valence-electron chi connectivity index (χ2n) is 7.23. The van der Waals surface area contributed by atoms with Gasteiger partial charge >= 0.3 is 6.61 Å². The zero-order chi connectivity index (χ0) is 19.9. The molecule has 2 aliphatic rings. The fourth-order valence-corrected chi connectivity index (χ4v) is 3.52. The van der Waals surface area contributed by atoms with Crippen LogP contribution in [-0.4, -0.2) is 56.3 Å².